The fourth-order valence-corrected chi connectivity index (χ4v) is 3.90. The van der Waals surface area contributed by atoms with E-state index in [1.807, 2.05) is 12.1 Å². The minimum Gasteiger partial charge on any atom is -0.456 e. The Balaban J connectivity index is 1.87. The molecule has 0 radical (unpaired) electrons. The normalized spacial score (nSPS) is 18.8. The Morgan fingerprint density at radius 3 is 2.91 bits per heavy atom. The second kappa shape index (κ2) is 6.24. The topological polar surface area (TPSA) is 29.3 Å². The fourth-order valence-electron chi connectivity index (χ4n) is 3.48. The Morgan fingerprint density at radius 1 is 1.30 bits per heavy atom. The SMILES string of the molecule is CN1CCC[C@H]1c1cnc(CI)cc1-c1cc2ccccc2o1. The van der Waals surface area contributed by atoms with Crippen LogP contribution in [0.3, 0.4) is 0 Å². The molecule has 23 heavy (non-hydrogen) atoms. The fraction of sp³-hybridized carbons (Fsp3) is 0.316. The maximum Gasteiger partial charge on any atom is 0.135 e. The number of pyridine rings is 1. The second-order valence-electron chi connectivity index (χ2n) is 6.18. The molecule has 0 unspecified atom stereocenters. The van der Waals surface area contributed by atoms with Gasteiger partial charge in [0.25, 0.3) is 0 Å². The minimum atomic E-state index is 0.439. The summed E-state index contributed by atoms with van der Waals surface area (Å²) in [6.45, 7) is 1.15. The standard InChI is InChI=1S/C19H19IN2O/c1-22-8-4-6-17(22)16-12-21-14(11-20)10-15(16)19-9-13-5-2-3-7-18(13)23-19/h2-3,5,7,9-10,12,17H,4,6,8,11H2,1H3/t17-/m0/s1. The number of para-hydroxylation sites is 1. The Bertz CT molecular complexity index is 809. The molecule has 0 saturated carbocycles. The lowest BCUT2D eigenvalue weighted by atomic mass is 9.98. The zero-order chi connectivity index (χ0) is 15.8. The van der Waals surface area contributed by atoms with Crippen LogP contribution in [-0.4, -0.2) is 23.5 Å². The van der Waals surface area contributed by atoms with Gasteiger partial charge in [-0.15, -0.1) is 0 Å². The summed E-state index contributed by atoms with van der Waals surface area (Å²) < 4.78 is 7.05. The van der Waals surface area contributed by atoms with E-state index >= 15 is 0 Å². The molecule has 1 fully saturated rings. The molecule has 3 nitrogen and oxygen atoms in total. The van der Waals surface area contributed by atoms with Gasteiger partial charge in [-0.25, -0.2) is 0 Å². The molecule has 4 heteroatoms. The predicted octanol–water partition coefficient (Wildman–Crippen LogP) is 5.20. The third-order valence-corrected chi connectivity index (χ3v) is 5.48. The van der Waals surface area contributed by atoms with E-state index in [4.69, 9.17) is 4.42 Å². The molecule has 0 N–H and O–H groups in total. The average Bonchev–Trinajstić information content (AvgIpc) is 3.20. The zero-order valence-corrected chi connectivity index (χ0v) is 15.3. The van der Waals surface area contributed by atoms with Crippen molar-refractivity contribution < 1.29 is 4.42 Å². The number of halogens is 1. The zero-order valence-electron chi connectivity index (χ0n) is 13.1. The van der Waals surface area contributed by atoms with E-state index < -0.39 is 0 Å². The van der Waals surface area contributed by atoms with Crippen LogP contribution in [0.2, 0.25) is 0 Å². The van der Waals surface area contributed by atoms with Crippen molar-refractivity contribution in [3.8, 4) is 11.3 Å². The number of likely N-dealkylation sites (tertiary alicyclic amines) is 1. The first-order chi connectivity index (χ1) is 11.3. The van der Waals surface area contributed by atoms with Gasteiger partial charge in [-0.2, -0.15) is 0 Å². The minimum absolute atomic E-state index is 0.439. The van der Waals surface area contributed by atoms with E-state index in [0.29, 0.717) is 6.04 Å². The monoisotopic (exact) mass is 418 g/mol. The highest BCUT2D eigenvalue weighted by molar-refractivity contribution is 14.1. The van der Waals surface area contributed by atoms with Crippen LogP contribution in [-0.2, 0) is 4.43 Å². The summed E-state index contributed by atoms with van der Waals surface area (Å²) in [6, 6.07) is 13.0. The highest BCUT2D eigenvalue weighted by Gasteiger charge is 2.26. The molecule has 3 aromatic rings. The first-order valence-electron chi connectivity index (χ1n) is 8.00. The number of hydrogen-bond acceptors (Lipinski definition) is 3. The highest BCUT2D eigenvalue weighted by atomic mass is 127. The largest absolute Gasteiger partial charge is 0.456 e. The molecule has 1 saturated heterocycles. The number of rotatable bonds is 3. The highest BCUT2D eigenvalue weighted by Crippen LogP contribution is 2.38. The molecule has 0 spiro atoms. The van der Waals surface area contributed by atoms with E-state index in [9.17, 15) is 0 Å². The summed E-state index contributed by atoms with van der Waals surface area (Å²) in [6.07, 6.45) is 4.49. The van der Waals surface area contributed by atoms with Gasteiger partial charge in [-0.05, 0) is 50.2 Å². The second-order valence-corrected chi connectivity index (χ2v) is 6.95. The number of hydrogen-bond donors (Lipinski definition) is 0. The molecule has 118 valence electrons. The molecule has 1 aliphatic heterocycles. The van der Waals surface area contributed by atoms with Crippen molar-refractivity contribution in [3.63, 3.8) is 0 Å². The first kappa shape index (κ1) is 15.1. The summed E-state index contributed by atoms with van der Waals surface area (Å²) in [5.41, 5.74) is 4.53. The maximum absolute atomic E-state index is 6.14. The lowest BCUT2D eigenvalue weighted by molar-refractivity contribution is 0.317. The Labute approximate surface area is 149 Å². The van der Waals surface area contributed by atoms with Gasteiger partial charge in [-0.3, -0.25) is 9.88 Å². The number of alkyl halides is 1. The Hall–Kier alpha value is -1.40. The van der Waals surface area contributed by atoms with Crippen LogP contribution < -0.4 is 0 Å². The van der Waals surface area contributed by atoms with Gasteiger partial charge in [0, 0.05) is 27.6 Å². The van der Waals surface area contributed by atoms with Crippen molar-refractivity contribution in [3.05, 3.63) is 53.9 Å². The van der Waals surface area contributed by atoms with Crippen molar-refractivity contribution in [1.82, 2.24) is 9.88 Å². The van der Waals surface area contributed by atoms with E-state index in [1.165, 1.54) is 24.0 Å². The number of nitrogens with zero attached hydrogens (tertiary/aromatic N) is 2. The number of aromatic nitrogens is 1. The third-order valence-electron chi connectivity index (χ3n) is 4.70. The molecule has 0 amide bonds. The van der Waals surface area contributed by atoms with Gasteiger partial charge in [0.1, 0.15) is 11.3 Å². The van der Waals surface area contributed by atoms with E-state index in [0.717, 1.165) is 33.4 Å². The van der Waals surface area contributed by atoms with Crippen molar-refractivity contribution >= 4 is 33.6 Å². The Morgan fingerprint density at radius 2 is 2.17 bits per heavy atom. The molecule has 0 bridgehead atoms. The molecule has 1 aliphatic rings. The maximum atomic E-state index is 6.14. The molecule has 3 heterocycles. The molecular formula is C19H19IN2O. The summed E-state index contributed by atoms with van der Waals surface area (Å²) in [4.78, 5) is 7.06. The molecule has 2 aromatic heterocycles. The van der Waals surface area contributed by atoms with Crippen molar-refractivity contribution in [1.29, 1.82) is 0 Å². The van der Waals surface area contributed by atoms with Gasteiger partial charge < -0.3 is 4.42 Å². The van der Waals surface area contributed by atoms with Gasteiger partial charge in [0.2, 0.25) is 0 Å². The summed E-state index contributed by atoms with van der Waals surface area (Å²) in [5.74, 6) is 0.954. The lowest BCUT2D eigenvalue weighted by Gasteiger charge is -2.22. The quantitative estimate of drug-likeness (QED) is 0.433. The van der Waals surface area contributed by atoms with E-state index in [2.05, 4.69) is 70.0 Å². The molecular weight excluding hydrogens is 399 g/mol. The van der Waals surface area contributed by atoms with Crippen LogP contribution in [0, 0.1) is 0 Å². The van der Waals surface area contributed by atoms with Gasteiger partial charge >= 0.3 is 0 Å². The van der Waals surface area contributed by atoms with Crippen LogP contribution in [0.25, 0.3) is 22.3 Å². The molecule has 1 atom stereocenters. The average molecular weight is 418 g/mol. The van der Waals surface area contributed by atoms with Crippen LogP contribution >= 0.6 is 22.6 Å². The molecule has 4 rings (SSSR count). The summed E-state index contributed by atoms with van der Waals surface area (Å²) >= 11 is 2.36. The number of furan rings is 1. The number of fused-ring (bicyclic) bond motifs is 1. The molecule has 1 aromatic carbocycles. The molecule has 0 aliphatic carbocycles. The van der Waals surface area contributed by atoms with Crippen LogP contribution in [0.4, 0.5) is 0 Å². The van der Waals surface area contributed by atoms with Gasteiger partial charge in [0.15, 0.2) is 0 Å². The van der Waals surface area contributed by atoms with Gasteiger partial charge in [-0.1, -0.05) is 40.8 Å². The summed E-state index contributed by atoms with van der Waals surface area (Å²) in [5, 5.41) is 1.15. The summed E-state index contributed by atoms with van der Waals surface area (Å²) in [7, 11) is 2.20. The van der Waals surface area contributed by atoms with Crippen molar-refractivity contribution in [2.24, 2.45) is 0 Å². The number of benzene rings is 1. The first-order valence-corrected chi connectivity index (χ1v) is 9.53. The lowest BCUT2D eigenvalue weighted by Crippen LogP contribution is -2.18. The van der Waals surface area contributed by atoms with E-state index in [-0.39, 0.29) is 0 Å². The van der Waals surface area contributed by atoms with Crippen LogP contribution in [0.5, 0.6) is 0 Å². The van der Waals surface area contributed by atoms with Crippen molar-refractivity contribution in [2.75, 3.05) is 13.6 Å². The van der Waals surface area contributed by atoms with Crippen LogP contribution in [0.15, 0.2) is 47.0 Å². The van der Waals surface area contributed by atoms with Crippen molar-refractivity contribution in [2.45, 2.75) is 23.3 Å². The third kappa shape index (κ3) is 2.78. The van der Waals surface area contributed by atoms with Crippen LogP contribution in [0.1, 0.15) is 30.1 Å². The predicted molar refractivity (Wildman–Crippen MR) is 102 cm³/mol. The van der Waals surface area contributed by atoms with Gasteiger partial charge in [0.05, 0.1) is 5.69 Å². The Kier molecular flexibility index (Phi) is 4.11. The van der Waals surface area contributed by atoms with E-state index in [1.54, 1.807) is 0 Å². The smallest absolute Gasteiger partial charge is 0.135 e.